The molecule has 4 nitrogen and oxygen atoms in total. The minimum atomic E-state index is -0.277. The highest BCUT2D eigenvalue weighted by Crippen LogP contribution is 2.24. The molecule has 2 rings (SSSR count). The SMILES string of the molecule is CC=NNC(=O)COc1cccc2ccccc12. The van der Waals surface area contributed by atoms with Crippen LogP contribution in [0.5, 0.6) is 5.75 Å². The third-order valence-electron chi connectivity index (χ3n) is 2.43. The molecule has 18 heavy (non-hydrogen) atoms. The Morgan fingerprint density at radius 3 is 2.89 bits per heavy atom. The monoisotopic (exact) mass is 242 g/mol. The van der Waals surface area contributed by atoms with Crippen molar-refractivity contribution in [3.8, 4) is 5.75 Å². The van der Waals surface area contributed by atoms with E-state index in [1.165, 1.54) is 6.21 Å². The zero-order valence-electron chi connectivity index (χ0n) is 10.1. The first kappa shape index (κ1) is 12.1. The van der Waals surface area contributed by atoms with Crippen molar-refractivity contribution in [1.29, 1.82) is 0 Å². The van der Waals surface area contributed by atoms with Crippen LogP contribution in [0.4, 0.5) is 0 Å². The zero-order valence-corrected chi connectivity index (χ0v) is 10.1. The molecule has 92 valence electrons. The van der Waals surface area contributed by atoms with Crippen molar-refractivity contribution in [1.82, 2.24) is 5.43 Å². The summed E-state index contributed by atoms with van der Waals surface area (Å²) in [6.07, 6.45) is 1.51. The molecular weight excluding hydrogens is 228 g/mol. The van der Waals surface area contributed by atoms with Gasteiger partial charge < -0.3 is 4.74 Å². The number of amides is 1. The van der Waals surface area contributed by atoms with Gasteiger partial charge >= 0.3 is 0 Å². The number of hydrogen-bond donors (Lipinski definition) is 1. The van der Waals surface area contributed by atoms with E-state index >= 15 is 0 Å². The first-order valence-electron chi connectivity index (χ1n) is 5.68. The number of benzene rings is 2. The van der Waals surface area contributed by atoms with Crippen molar-refractivity contribution in [2.75, 3.05) is 6.61 Å². The van der Waals surface area contributed by atoms with Crippen molar-refractivity contribution in [2.45, 2.75) is 6.92 Å². The molecule has 0 bridgehead atoms. The van der Waals surface area contributed by atoms with Crippen LogP contribution >= 0.6 is 0 Å². The van der Waals surface area contributed by atoms with E-state index in [1.807, 2.05) is 42.5 Å². The highest BCUT2D eigenvalue weighted by Gasteiger charge is 2.04. The molecule has 2 aromatic carbocycles. The Bertz CT molecular complexity index is 574. The summed E-state index contributed by atoms with van der Waals surface area (Å²) < 4.78 is 5.49. The molecule has 0 atom stereocenters. The predicted molar refractivity (Wildman–Crippen MR) is 71.8 cm³/mol. The van der Waals surface area contributed by atoms with Crippen LogP contribution in [0, 0.1) is 0 Å². The molecule has 0 heterocycles. The van der Waals surface area contributed by atoms with E-state index < -0.39 is 0 Å². The number of ether oxygens (including phenoxy) is 1. The number of carbonyl (C=O) groups is 1. The van der Waals surface area contributed by atoms with Gasteiger partial charge in [0.15, 0.2) is 6.61 Å². The lowest BCUT2D eigenvalue weighted by Crippen LogP contribution is -2.24. The first-order valence-corrected chi connectivity index (χ1v) is 5.68. The van der Waals surface area contributed by atoms with Gasteiger partial charge in [0.25, 0.3) is 5.91 Å². The normalized spacial score (nSPS) is 10.7. The average molecular weight is 242 g/mol. The van der Waals surface area contributed by atoms with E-state index in [4.69, 9.17) is 4.74 Å². The molecule has 0 fully saturated rings. The Labute approximate surface area is 105 Å². The second-order valence-electron chi connectivity index (χ2n) is 3.69. The number of hydrazone groups is 1. The van der Waals surface area contributed by atoms with Crippen molar-refractivity contribution < 1.29 is 9.53 Å². The van der Waals surface area contributed by atoms with E-state index in [2.05, 4.69) is 10.5 Å². The van der Waals surface area contributed by atoms with Crippen LogP contribution in [0.25, 0.3) is 10.8 Å². The Morgan fingerprint density at radius 1 is 1.28 bits per heavy atom. The Morgan fingerprint density at radius 2 is 2.06 bits per heavy atom. The molecule has 2 aromatic rings. The second kappa shape index (κ2) is 5.82. The van der Waals surface area contributed by atoms with Crippen LogP contribution in [0.15, 0.2) is 47.6 Å². The van der Waals surface area contributed by atoms with E-state index in [0.717, 1.165) is 10.8 Å². The van der Waals surface area contributed by atoms with E-state index in [1.54, 1.807) is 6.92 Å². The van der Waals surface area contributed by atoms with Gasteiger partial charge in [0.05, 0.1) is 0 Å². The molecule has 0 radical (unpaired) electrons. The van der Waals surface area contributed by atoms with Gasteiger partial charge in [-0.1, -0.05) is 36.4 Å². The van der Waals surface area contributed by atoms with Gasteiger partial charge in [0.2, 0.25) is 0 Å². The van der Waals surface area contributed by atoms with Crippen molar-refractivity contribution >= 4 is 22.9 Å². The number of nitrogens with zero attached hydrogens (tertiary/aromatic N) is 1. The molecule has 0 unspecified atom stereocenters. The fourth-order valence-electron chi connectivity index (χ4n) is 1.63. The molecule has 0 aromatic heterocycles. The fourth-order valence-corrected chi connectivity index (χ4v) is 1.63. The maximum Gasteiger partial charge on any atom is 0.277 e. The highest BCUT2D eigenvalue weighted by atomic mass is 16.5. The quantitative estimate of drug-likeness (QED) is 0.661. The summed E-state index contributed by atoms with van der Waals surface area (Å²) in [5, 5.41) is 5.72. The van der Waals surface area contributed by atoms with Gasteiger partial charge in [-0.3, -0.25) is 4.79 Å². The molecule has 0 aliphatic heterocycles. The maximum absolute atomic E-state index is 11.4. The molecule has 1 amide bonds. The minimum absolute atomic E-state index is 0.0503. The molecular formula is C14H14N2O2. The van der Waals surface area contributed by atoms with Crippen molar-refractivity contribution in [3.05, 3.63) is 42.5 Å². The summed E-state index contributed by atoms with van der Waals surface area (Å²) in [5.41, 5.74) is 2.36. The van der Waals surface area contributed by atoms with Crippen LogP contribution in [0.3, 0.4) is 0 Å². The smallest absolute Gasteiger partial charge is 0.277 e. The van der Waals surface area contributed by atoms with Gasteiger partial charge in [-0.25, -0.2) is 5.43 Å². The van der Waals surface area contributed by atoms with Gasteiger partial charge in [0, 0.05) is 11.6 Å². The molecule has 0 spiro atoms. The molecule has 0 aliphatic carbocycles. The summed E-state index contributed by atoms with van der Waals surface area (Å²) >= 11 is 0. The number of nitrogens with one attached hydrogen (secondary N) is 1. The minimum Gasteiger partial charge on any atom is -0.483 e. The van der Waals surface area contributed by atoms with Crippen LogP contribution in [-0.4, -0.2) is 18.7 Å². The summed E-state index contributed by atoms with van der Waals surface area (Å²) in [4.78, 5) is 11.4. The van der Waals surface area contributed by atoms with Crippen molar-refractivity contribution in [3.63, 3.8) is 0 Å². The van der Waals surface area contributed by atoms with E-state index in [0.29, 0.717) is 5.75 Å². The predicted octanol–water partition coefficient (Wildman–Crippen LogP) is 2.34. The third kappa shape index (κ3) is 2.85. The van der Waals surface area contributed by atoms with Crippen LogP contribution in [-0.2, 0) is 4.79 Å². The Kier molecular flexibility index (Phi) is 3.91. The first-order chi connectivity index (χ1) is 8.81. The number of hydrogen-bond acceptors (Lipinski definition) is 3. The van der Waals surface area contributed by atoms with Gasteiger partial charge in [-0.05, 0) is 18.4 Å². The van der Waals surface area contributed by atoms with Gasteiger partial charge in [-0.2, -0.15) is 5.10 Å². The molecule has 4 heteroatoms. The fraction of sp³-hybridized carbons (Fsp3) is 0.143. The largest absolute Gasteiger partial charge is 0.483 e. The Hall–Kier alpha value is -2.36. The number of rotatable bonds is 4. The maximum atomic E-state index is 11.4. The summed E-state index contributed by atoms with van der Waals surface area (Å²) in [6.45, 7) is 1.68. The molecule has 1 N–H and O–H groups in total. The van der Waals surface area contributed by atoms with Gasteiger partial charge in [0.1, 0.15) is 5.75 Å². The van der Waals surface area contributed by atoms with E-state index in [9.17, 15) is 4.79 Å². The summed E-state index contributed by atoms with van der Waals surface area (Å²) in [5.74, 6) is 0.421. The van der Waals surface area contributed by atoms with Crippen LogP contribution < -0.4 is 10.2 Å². The standard InChI is InChI=1S/C14H14N2O2/c1-2-15-16-14(17)10-18-13-9-5-7-11-6-3-4-8-12(11)13/h2-9H,10H2,1H3,(H,16,17). The topological polar surface area (TPSA) is 50.7 Å². The Balaban J connectivity index is 2.10. The van der Waals surface area contributed by atoms with E-state index in [-0.39, 0.29) is 12.5 Å². The van der Waals surface area contributed by atoms with Gasteiger partial charge in [-0.15, -0.1) is 0 Å². The number of fused-ring (bicyclic) bond motifs is 1. The molecule has 0 aliphatic rings. The average Bonchev–Trinajstić information content (AvgIpc) is 2.42. The lowest BCUT2D eigenvalue weighted by molar-refractivity contribution is -0.123. The highest BCUT2D eigenvalue weighted by molar-refractivity contribution is 5.88. The summed E-state index contributed by atoms with van der Waals surface area (Å²) in [7, 11) is 0. The van der Waals surface area contributed by atoms with Crippen LogP contribution in [0.1, 0.15) is 6.92 Å². The lowest BCUT2D eigenvalue weighted by atomic mass is 10.1. The van der Waals surface area contributed by atoms with Crippen LogP contribution in [0.2, 0.25) is 0 Å². The molecule has 0 saturated carbocycles. The summed E-state index contributed by atoms with van der Waals surface area (Å²) in [6, 6.07) is 13.6. The number of carbonyl (C=O) groups excluding carboxylic acids is 1. The third-order valence-corrected chi connectivity index (χ3v) is 2.43. The van der Waals surface area contributed by atoms with Crippen molar-refractivity contribution in [2.24, 2.45) is 5.10 Å². The lowest BCUT2D eigenvalue weighted by Gasteiger charge is -2.08. The molecule has 0 saturated heterocycles. The zero-order chi connectivity index (χ0) is 12.8. The second-order valence-corrected chi connectivity index (χ2v) is 3.69.